The van der Waals surface area contributed by atoms with Crippen molar-refractivity contribution >= 4 is 17.2 Å². The van der Waals surface area contributed by atoms with Crippen LogP contribution in [-0.2, 0) is 16.0 Å². The maximum atomic E-state index is 11.3. The fourth-order valence-electron chi connectivity index (χ4n) is 1.49. The predicted molar refractivity (Wildman–Crippen MR) is 72.8 cm³/mol. The van der Waals surface area contributed by atoms with E-state index in [4.69, 9.17) is 15.3 Å². The summed E-state index contributed by atoms with van der Waals surface area (Å²) in [5.41, 5.74) is 2.92. The summed E-state index contributed by atoms with van der Waals surface area (Å²) in [6.45, 7) is 3.51. The second-order valence-electron chi connectivity index (χ2n) is 3.88. The Morgan fingerprint density at radius 1 is 1.42 bits per heavy atom. The average molecular weight is 288 g/mol. The molecular formula is C11H20N4O3S. The topological polar surface area (TPSA) is 89.7 Å². The lowest BCUT2D eigenvalue weighted by Crippen LogP contribution is -2.31. The van der Waals surface area contributed by atoms with Gasteiger partial charge in [-0.1, -0.05) is 0 Å². The van der Waals surface area contributed by atoms with E-state index in [9.17, 15) is 4.79 Å². The molecule has 0 aliphatic carbocycles. The monoisotopic (exact) mass is 288 g/mol. The summed E-state index contributed by atoms with van der Waals surface area (Å²) < 4.78 is 10.1. The fraction of sp³-hybridized carbons (Fsp3) is 0.636. The zero-order chi connectivity index (χ0) is 14.1. The molecule has 1 amide bonds. The van der Waals surface area contributed by atoms with Crippen LogP contribution in [0, 0.1) is 0 Å². The number of thiazole rings is 1. The number of ether oxygens (including phenoxy) is 2. The van der Waals surface area contributed by atoms with Crippen molar-refractivity contribution in [1.82, 2.24) is 15.3 Å². The first kappa shape index (κ1) is 16.0. The third kappa shape index (κ3) is 5.62. The molecule has 8 heteroatoms. The molecule has 0 aliphatic rings. The summed E-state index contributed by atoms with van der Waals surface area (Å²) in [6.07, 6.45) is 0. The first-order valence-corrected chi connectivity index (χ1v) is 6.74. The highest BCUT2D eigenvalue weighted by molar-refractivity contribution is 7.11. The number of hydrogen-bond donors (Lipinski definition) is 2. The Morgan fingerprint density at radius 3 is 2.58 bits per heavy atom. The molecule has 0 aliphatic heterocycles. The molecule has 0 saturated heterocycles. The van der Waals surface area contributed by atoms with Gasteiger partial charge >= 0.3 is 0 Å². The van der Waals surface area contributed by atoms with Crippen LogP contribution in [0.5, 0.6) is 0 Å². The van der Waals surface area contributed by atoms with Crippen molar-refractivity contribution in [3.05, 3.63) is 16.1 Å². The number of hydrogen-bond acceptors (Lipinski definition) is 7. The van der Waals surface area contributed by atoms with Gasteiger partial charge in [-0.2, -0.15) is 0 Å². The van der Waals surface area contributed by atoms with Crippen molar-refractivity contribution in [2.75, 3.05) is 40.5 Å². The minimum absolute atomic E-state index is 0.364. The summed E-state index contributed by atoms with van der Waals surface area (Å²) in [6, 6.07) is 0. The summed E-state index contributed by atoms with van der Waals surface area (Å²) in [4.78, 5) is 17.7. The molecular weight excluding hydrogens is 268 g/mol. The molecule has 0 unspecified atom stereocenters. The predicted octanol–water partition coefficient (Wildman–Crippen LogP) is -0.159. The Hall–Kier alpha value is -1.06. The van der Waals surface area contributed by atoms with Crippen LogP contribution in [0.25, 0.3) is 0 Å². The summed E-state index contributed by atoms with van der Waals surface area (Å²) in [5.74, 6) is 4.71. The Balaban J connectivity index is 2.56. The van der Waals surface area contributed by atoms with E-state index < -0.39 is 0 Å². The number of methoxy groups -OCH3 is 2. The zero-order valence-electron chi connectivity index (χ0n) is 11.2. The van der Waals surface area contributed by atoms with Gasteiger partial charge in [0, 0.05) is 39.2 Å². The standard InChI is InChI=1S/C11H20N4O3S/c1-17-5-3-15(4-6-18-2)7-9-8-19-11(13-9)10(16)14-12/h8H,3-7,12H2,1-2H3,(H,14,16). The average Bonchev–Trinajstić information content (AvgIpc) is 2.89. The van der Waals surface area contributed by atoms with Crippen molar-refractivity contribution in [2.45, 2.75) is 6.54 Å². The number of amides is 1. The van der Waals surface area contributed by atoms with E-state index in [2.05, 4.69) is 15.3 Å². The molecule has 108 valence electrons. The number of nitrogens with zero attached hydrogens (tertiary/aromatic N) is 2. The van der Waals surface area contributed by atoms with E-state index in [1.807, 2.05) is 5.38 Å². The van der Waals surface area contributed by atoms with Crippen LogP contribution in [0.2, 0.25) is 0 Å². The molecule has 1 aromatic heterocycles. The van der Waals surface area contributed by atoms with Crippen molar-refractivity contribution in [2.24, 2.45) is 5.84 Å². The van der Waals surface area contributed by atoms with Gasteiger partial charge in [-0.05, 0) is 0 Å². The van der Waals surface area contributed by atoms with Gasteiger partial charge < -0.3 is 9.47 Å². The maximum Gasteiger partial charge on any atom is 0.294 e. The van der Waals surface area contributed by atoms with Gasteiger partial charge in [0.2, 0.25) is 0 Å². The van der Waals surface area contributed by atoms with Gasteiger partial charge in [-0.15, -0.1) is 11.3 Å². The van der Waals surface area contributed by atoms with Crippen molar-refractivity contribution in [3.63, 3.8) is 0 Å². The molecule has 0 bridgehead atoms. The zero-order valence-corrected chi connectivity index (χ0v) is 12.0. The SMILES string of the molecule is COCCN(CCOC)Cc1csc(C(=O)NN)n1. The molecule has 0 saturated carbocycles. The summed E-state index contributed by atoms with van der Waals surface area (Å²) in [5, 5.41) is 2.23. The van der Waals surface area contributed by atoms with E-state index in [-0.39, 0.29) is 5.91 Å². The Kier molecular flexibility index (Phi) is 7.53. The number of rotatable bonds is 9. The van der Waals surface area contributed by atoms with Gasteiger partial charge in [0.25, 0.3) is 5.91 Å². The molecule has 1 heterocycles. The first-order valence-electron chi connectivity index (χ1n) is 5.86. The van der Waals surface area contributed by atoms with Gasteiger partial charge in [-0.3, -0.25) is 15.1 Å². The van der Waals surface area contributed by atoms with Crippen LogP contribution in [0.4, 0.5) is 0 Å². The highest BCUT2D eigenvalue weighted by atomic mass is 32.1. The van der Waals surface area contributed by atoms with Crippen molar-refractivity contribution in [3.8, 4) is 0 Å². The highest BCUT2D eigenvalue weighted by Gasteiger charge is 2.12. The quantitative estimate of drug-likeness (QED) is 0.373. The van der Waals surface area contributed by atoms with Gasteiger partial charge in [0.05, 0.1) is 18.9 Å². The van der Waals surface area contributed by atoms with Crippen LogP contribution in [0.3, 0.4) is 0 Å². The Labute approximate surface area is 116 Å². The number of nitrogens with one attached hydrogen (secondary N) is 1. The van der Waals surface area contributed by atoms with Gasteiger partial charge in [0.15, 0.2) is 5.01 Å². The van der Waals surface area contributed by atoms with E-state index >= 15 is 0 Å². The lowest BCUT2D eigenvalue weighted by atomic mass is 10.4. The fourth-order valence-corrected chi connectivity index (χ4v) is 2.20. The summed E-state index contributed by atoms with van der Waals surface area (Å²) in [7, 11) is 3.34. The molecule has 0 aromatic carbocycles. The largest absolute Gasteiger partial charge is 0.383 e. The van der Waals surface area contributed by atoms with Crippen LogP contribution in [0.1, 0.15) is 15.5 Å². The normalized spacial score (nSPS) is 10.9. The van der Waals surface area contributed by atoms with E-state index in [1.165, 1.54) is 11.3 Å². The number of aromatic nitrogens is 1. The van der Waals surface area contributed by atoms with Crippen LogP contribution in [-0.4, -0.2) is 56.3 Å². The van der Waals surface area contributed by atoms with Gasteiger partial charge in [0.1, 0.15) is 0 Å². The summed E-state index contributed by atoms with van der Waals surface area (Å²) >= 11 is 1.28. The van der Waals surface area contributed by atoms with E-state index in [0.29, 0.717) is 24.8 Å². The van der Waals surface area contributed by atoms with Crippen LogP contribution >= 0.6 is 11.3 Å². The minimum atomic E-state index is -0.364. The second-order valence-corrected chi connectivity index (χ2v) is 4.74. The van der Waals surface area contributed by atoms with Gasteiger partial charge in [-0.25, -0.2) is 10.8 Å². The number of carbonyl (C=O) groups is 1. The lowest BCUT2D eigenvalue weighted by molar-refractivity contribution is 0.0951. The minimum Gasteiger partial charge on any atom is -0.383 e. The number of nitrogen functional groups attached to an aromatic ring is 1. The first-order chi connectivity index (χ1) is 9.21. The molecule has 1 rings (SSSR count). The number of nitrogens with two attached hydrogens (primary N) is 1. The third-order valence-corrected chi connectivity index (χ3v) is 3.38. The van der Waals surface area contributed by atoms with Crippen molar-refractivity contribution in [1.29, 1.82) is 0 Å². The lowest BCUT2D eigenvalue weighted by Gasteiger charge is -2.20. The Morgan fingerprint density at radius 2 is 2.05 bits per heavy atom. The molecule has 0 fully saturated rings. The van der Waals surface area contributed by atoms with E-state index in [1.54, 1.807) is 14.2 Å². The van der Waals surface area contributed by atoms with Crippen LogP contribution < -0.4 is 11.3 Å². The maximum absolute atomic E-state index is 11.3. The second kappa shape index (κ2) is 8.94. The number of hydrazine groups is 1. The molecule has 0 radical (unpaired) electrons. The third-order valence-electron chi connectivity index (χ3n) is 2.49. The molecule has 0 atom stereocenters. The smallest absolute Gasteiger partial charge is 0.294 e. The van der Waals surface area contributed by atoms with Crippen LogP contribution in [0.15, 0.2) is 5.38 Å². The van der Waals surface area contributed by atoms with Crippen molar-refractivity contribution < 1.29 is 14.3 Å². The Bertz CT molecular complexity index is 378. The molecule has 19 heavy (non-hydrogen) atoms. The number of carbonyl (C=O) groups excluding carboxylic acids is 1. The molecule has 0 spiro atoms. The molecule has 3 N–H and O–H groups in total. The highest BCUT2D eigenvalue weighted by Crippen LogP contribution is 2.11. The molecule has 7 nitrogen and oxygen atoms in total. The molecule has 1 aromatic rings. The van der Waals surface area contributed by atoms with E-state index in [0.717, 1.165) is 18.8 Å².